The average Bonchev–Trinajstić information content (AvgIpc) is 1.75. The number of nitrogens with one attached hydrogen (secondary N) is 3. The molecule has 0 aliphatic carbocycles. The van der Waals surface area contributed by atoms with E-state index in [9.17, 15) is 0 Å². The fourth-order valence-electron chi connectivity index (χ4n) is 11.5. The molecule has 14 rings (SSSR count). The van der Waals surface area contributed by atoms with E-state index in [1.807, 2.05) is 118 Å². The second-order valence-corrected chi connectivity index (χ2v) is 24.4. The van der Waals surface area contributed by atoms with Gasteiger partial charge in [0.1, 0.15) is 52.7 Å². The Kier molecular flexibility index (Phi) is 18.6. The lowest BCUT2D eigenvalue weighted by molar-refractivity contribution is 0.114. The van der Waals surface area contributed by atoms with E-state index in [-0.39, 0.29) is 6.10 Å². The Bertz CT molecular complexity index is 4780. The number of likely N-dealkylation sites (N-methyl/N-ethyl adjacent to an activating group) is 1. The van der Waals surface area contributed by atoms with Gasteiger partial charge in [0.25, 0.3) is 0 Å². The summed E-state index contributed by atoms with van der Waals surface area (Å²) in [5.74, 6) is 6.24. The first-order valence-electron chi connectivity index (χ1n) is 31.5. The van der Waals surface area contributed by atoms with Crippen molar-refractivity contribution in [1.82, 2.24) is 62.9 Å². The van der Waals surface area contributed by atoms with Crippen molar-refractivity contribution in [3.05, 3.63) is 169 Å². The van der Waals surface area contributed by atoms with Crippen LogP contribution in [0.1, 0.15) is 89.2 Å². The molecule has 0 amide bonds. The Morgan fingerprint density at radius 1 is 0.495 bits per heavy atom. The maximum atomic E-state index is 6.21. The van der Waals surface area contributed by atoms with E-state index < -0.39 is 0 Å². The molecule has 10 aromatic heterocycles. The zero-order valence-corrected chi connectivity index (χ0v) is 54.8. The number of fused-ring (bicyclic) bond motifs is 10. The van der Waals surface area contributed by atoms with Crippen LogP contribution in [0.3, 0.4) is 0 Å². The number of benzene rings is 3. The largest absolute Gasteiger partial charge is 0.494 e. The number of nitrogens with zero attached hydrogens (tertiary/aromatic N) is 13. The number of rotatable bonds is 18. The van der Waals surface area contributed by atoms with Gasteiger partial charge in [0.05, 0.1) is 38.2 Å². The molecular formula is C72H80N16O5. The molecule has 11 heterocycles. The van der Waals surface area contributed by atoms with Crippen LogP contribution in [0.25, 0.3) is 60.7 Å². The number of ether oxygens (including phenoxy) is 5. The summed E-state index contributed by atoms with van der Waals surface area (Å²) in [6, 6.07) is 42.3. The quantitative estimate of drug-likeness (QED) is 0.0730. The molecule has 21 heteroatoms. The molecule has 0 spiro atoms. The molecule has 0 unspecified atom stereocenters. The first-order chi connectivity index (χ1) is 45.1. The van der Waals surface area contributed by atoms with Gasteiger partial charge in [-0.25, -0.2) is 24.9 Å². The highest BCUT2D eigenvalue weighted by atomic mass is 16.5. The Morgan fingerprint density at radius 3 is 1.56 bits per heavy atom. The molecule has 13 aromatic rings. The minimum absolute atomic E-state index is 0.237. The van der Waals surface area contributed by atoms with E-state index in [1.54, 1.807) is 21.3 Å². The van der Waals surface area contributed by atoms with E-state index in [2.05, 4.69) is 161 Å². The van der Waals surface area contributed by atoms with E-state index in [0.717, 1.165) is 127 Å². The van der Waals surface area contributed by atoms with Crippen LogP contribution in [0.2, 0.25) is 0 Å². The lowest BCUT2D eigenvalue weighted by atomic mass is 10.1. The van der Waals surface area contributed by atoms with Crippen LogP contribution in [0, 0.1) is 0 Å². The minimum Gasteiger partial charge on any atom is -0.494 e. The molecule has 1 saturated heterocycles. The summed E-state index contributed by atoms with van der Waals surface area (Å²) in [5.41, 5.74) is 12.7. The number of piperidine rings is 1. The number of hydrogen-bond donors (Lipinski definition) is 3. The van der Waals surface area contributed by atoms with Gasteiger partial charge in [-0.05, 0) is 161 Å². The third-order valence-corrected chi connectivity index (χ3v) is 16.5. The second-order valence-electron chi connectivity index (χ2n) is 24.4. The normalized spacial score (nSPS) is 12.9. The third-order valence-electron chi connectivity index (χ3n) is 16.5. The van der Waals surface area contributed by atoms with E-state index in [1.165, 1.54) is 11.4 Å². The fourth-order valence-corrected chi connectivity index (χ4v) is 11.5. The van der Waals surface area contributed by atoms with Crippen LogP contribution in [0.4, 0.5) is 34.9 Å². The molecule has 3 aromatic carbocycles. The van der Waals surface area contributed by atoms with Gasteiger partial charge in [0, 0.05) is 118 Å². The number of pyridine rings is 4. The lowest BCUT2D eigenvalue weighted by Gasteiger charge is -2.29. The van der Waals surface area contributed by atoms with Gasteiger partial charge < -0.3 is 49.4 Å². The molecule has 3 N–H and O–H groups in total. The summed E-state index contributed by atoms with van der Waals surface area (Å²) in [7, 11) is 11.1. The molecule has 0 saturated carbocycles. The fraction of sp³-hybridized carbons (Fsp3) is 0.306. The maximum Gasteiger partial charge on any atom is 0.229 e. The number of aromatic nitrogens is 11. The third kappa shape index (κ3) is 13.9. The Hall–Kier alpha value is -10.4. The predicted octanol–water partition coefficient (Wildman–Crippen LogP) is 14.6. The van der Waals surface area contributed by atoms with Crippen LogP contribution in [-0.2, 0) is 0 Å². The first kappa shape index (κ1) is 62.8. The average molecular weight is 1250 g/mol. The second kappa shape index (κ2) is 27.6. The molecule has 21 nitrogen and oxygen atoms in total. The van der Waals surface area contributed by atoms with Crippen molar-refractivity contribution in [2.45, 2.75) is 78.2 Å². The number of anilines is 6. The lowest BCUT2D eigenvalue weighted by Crippen LogP contribution is -2.35. The van der Waals surface area contributed by atoms with Crippen molar-refractivity contribution in [2.75, 3.05) is 84.7 Å². The SMILES string of the molecule is COc1cc(OC2CCN(C)CC2)ccc1Nc1ncc2ccc3ncc(C(C)C)n3c2n1.COc1cc(OCCN(C)C)ccc1Nc1ncc2ccc3ccc(C(C)C)n3c2n1.COc1ccc2cc(Nc3ncc4ccc5ccc(C(C)C)n5c4n3)ccc2n1. The van der Waals surface area contributed by atoms with Gasteiger partial charge in [-0.1, -0.05) is 41.5 Å². The van der Waals surface area contributed by atoms with Crippen molar-refractivity contribution in [3.63, 3.8) is 0 Å². The van der Waals surface area contributed by atoms with Crippen molar-refractivity contribution >= 4 is 95.6 Å². The van der Waals surface area contributed by atoms with Gasteiger partial charge in [0.15, 0.2) is 5.65 Å². The van der Waals surface area contributed by atoms with Crippen LogP contribution in [-0.4, -0.2) is 138 Å². The highest BCUT2D eigenvalue weighted by molar-refractivity contribution is 5.86. The van der Waals surface area contributed by atoms with E-state index >= 15 is 0 Å². The molecule has 0 bridgehead atoms. The van der Waals surface area contributed by atoms with Crippen molar-refractivity contribution < 1.29 is 23.7 Å². The van der Waals surface area contributed by atoms with Crippen LogP contribution < -0.4 is 39.6 Å². The van der Waals surface area contributed by atoms with Crippen molar-refractivity contribution in [3.8, 4) is 28.9 Å². The van der Waals surface area contributed by atoms with Gasteiger partial charge in [-0.15, -0.1) is 0 Å². The Morgan fingerprint density at radius 2 is 1.01 bits per heavy atom. The van der Waals surface area contributed by atoms with Crippen molar-refractivity contribution in [1.29, 1.82) is 0 Å². The van der Waals surface area contributed by atoms with Crippen LogP contribution in [0.15, 0.2) is 152 Å². The summed E-state index contributed by atoms with van der Waals surface area (Å²) in [6.45, 7) is 16.7. The topological polar surface area (TPSA) is 205 Å². The standard InChI is InChI=1S/C25H30N6O2.C24H29N5O2.C23H21N5O/c1-16(2)21-15-26-23-8-5-17-14-27-25(29-24(17)31(21)23)28-20-7-6-19(13-22(20)32-4)33-18-9-11-30(3)12-10-18;1-16(2)21-11-8-18-7-6-17-15-25-24(27-23(17)29(18)21)26-20-10-9-19(14-22(20)30-5)31-13-12-28(3)4;1-14(2)20-10-8-18-7-4-16-13-24-23(27-22(16)28(18)20)25-17-6-9-19-15(12-17)5-11-21(26-19)29-3/h5-8,13-16,18H,9-12H2,1-4H3,(H,27,28,29);6-11,14-16H,12-13H2,1-5H3,(H,25,26,27);4-14H,1-3H3,(H,24,25,27). The molecule has 1 aliphatic rings. The zero-order chi connectivity index (χ0) is 64.9. The summed E-state index contributed by atoms with van der Waals surface area (Å²) < 4.78 is 34.9. The minimum atomic E-state index is 0.237. The molecule has 93 heavy (non-hydrogen) atoms. The summed E-state index contributed by atoms with van der Waals surface area (Å²) in [5, 5.41) is 13.9. The number of likely N-dealkylation sites (tertiary alicyclic amines) is 1. The van der Waals surface area contributed by atoms with Crippen LogP contribution in [0.5, 0.6) is 28.9 Å². The van der Waals surface area contributed by atoms with Crippen molar-refractivity contribution in [2.24, 2.45) is 0 Å². The molecule has 478 valence electrons. The highest BCUT2D eigenvalue weighted by Crippen LogP contribution is 2.35. The summed E-state index contributed by atoms with van der Waals surface area (Å²) in [4.78, 5) is 41.4. The smallest absolute Gasteiger partial charge is 0.229 e. The first-order valence-corrected chi connectivity index (χ1v) is 31.5. The number of hydrogen-bond acceptors (Lipinski definition) is 18. The molecule has 0 radical (unpaired) electrons. The monoisotopic (exact) mass is 1250 g/mol. The summed E-state index contributed by atoms with van der Waals surface area (Å²) >= 11 is 0. The van der Waals surface area contributed by atoms with Gasteiger partial charge in [-0.2, -0.15) is 15.0 Å². The number of methoxy groups -OCH3 is 3. The molecule has 0 atom stereocenters. The Balaban J connectivity index is 0.000000134. The molecular weight excluding hydrogens is 1170 g/mol. The summed E-state index contributed by atoms with van der Waals surface area (Å²) in [6.07, 6.45) is 9.76. The van der Waals surface area contributed by atoms with E-state index in [0.29, 0.717) is 59.6 Å². The Labute approximate surface area is 540 Å². The number of imidazole rings is 1. The van der Waals surface area contributed by atoms with Gasteiger partial charge in [-0.3, -0.25) is 13.2 Å². The zero-order valence-electron chi connectivity index (χ0n) is 54.8. The molecule has 1 aliphatic heterocycles. The van der Waals surface area contributed by atoms with Crippen LogP contribution >= 0.6 is 0 Å². The predicted molar refractivity (Wildman–Crippen MR) is 371 cm³/mol. The van der Waals surface area contributed by atoms with Gasteiger partial charge >= 0.3 is 0 Å². The maximum absolute atomic E-state index is 6.21. The highest BCUT2D eigenvalue weighted by Gasteiger charge is 2.21. The van der Waals surface area contributed by atoms with Gasteiger partial charge in [0.2, 0.25) is 23.7 Å². The van der Waals surface area contributed by atoms with E-state index in [4.69, 9.17) is 38.6 Å². The molecule has 1 fully saturated rings.